The van der Waals surface area contributed by atoms with Crippen LogP contribution in [0.4, 0.5) is 0 Å². The van der Waals surface area contributed by atoms with Crippen molar-refractivity contribution < 1.29 is 9.53 Å². The fraction of sp³-hybridized carbons (Fsp3) is 0.619. The van der Waals surface area contributed by atoms with Gasteiger partial charge in [-0.25, -0.2) is 4.99 Å². The fourth-order valence-electron chi connectivity index (χ4n) is 3.69. The summed E-state index contributed by atoms with van der Waals surface area (Å²) < 4.78 is 6.07. The second-order valence-electron chi connectivity index (χ2n) is 7.23. The molecule has 0 bridgehead atoms. The molecule has 0 radical (unpaired) electrons. The van der Waals surface area contributed by atoms with Crippen molar-refractivity contribution >= 4 is 11.9 Å². The van der Waals surface area contributed by atoms with Gasteiger partial charge in [0.05, 0.1) is 0 Å². The first kappa shape index (κ1) is 19.5. The summed E-state index contributed by atoms with van der Waals surface area (Å²) in [5.41, 5.74) is 0. The summed E-state index contributed by atoms with van der Waals surface area (Å²) in [6, 6.07) is 10.0. The number of carbonyl (C=O) groups excluding carboxylic acids is 1. The van der Waals surface area contributed by atoms with Gasteiger partial charge in [-0.15, -0.1) is 0 Å². The number of para-hydroxylation sites is 1. The molecule has 2 heterocycles. The predicted molar refractivity (Wildman–Crippen MR) is 108 cm³/mol. The van der Waals surface area contributed by atoms with Crippen molar-refractivity contribution in [1.82, 2.24) is 15.1 Å². The van der Waals surface area contributed by atoms with Crippen molar-refractivity contribution in [2.45, 2.75) is 45.1 Å². The second kappa shape index (κ2) is 10.2. The van der Waals surface area contributed by atoms with E-state index in [9.17, 15) is 4.79 Å². The van der Waals surface area contributed by atoms with Gasteiger partial charge in [0.1, 0.15) is 18.4 Å². The lowest BCUT2D eigenvalue weighted by Crippen LogP contribution is -2.48. The number of nitrogens with one attached hydrogen (secondary N) is 1. The summed E-state index contributed by atoms with van der Waals surface area (Å²) >= 11 is 0. The number of ether oxygens (including phenoxy) is 1. The van der Waals surface area contributed by atoms with E-state index in [-0.39, 0.29) is 18.6 Å². The second-order valence-corrected chi connectivity index (χ2v) is 7.23. The lowest BCUT2D eigenvalue weighted by molar-refractivity contribution is -0.130. The number of nitrogens with zero attached hydrogens (tertiary/aromatic N) is 3. The van der Waals surface area contributed by atoms with Gasteiger partial charge in [0.2, 0.25) is 5.91 Å². The van der Waals surface area contributed by atoms with Crippen LogP contribution in [0, 0.1) is 0 Å². The third-order valence-electron chi connectivity index (χ3n) is 5.20. The monoisotopic (exact) mass is 372 g/mol. The van der Waals surface area contributed by atoms with E-state index in [0.717, 1.165) is 70.1 Å². The highest BCUT2D eigenvalue weighted by Gasteiger charge is 2.23. The average Bonchev–Trinajstić information content (AvgIpc) is 2.73. The number of piperidine rings is 2. The highest BCUT2D eigenvalue weighted by molar-refractivity contribution is 5.85. The third kappa shape index (κ3) is 5.88. The first-order chi connectivity index (χ1) is 13.3. The quantitative estimate of drug-likeness (QED) is 0.637. The van der Waals surface area contributed by atoms with Crippen molar-refractivity contribution in [3.63, 3.8) is 0 Å². The Bertz CT molecular complexity index is 606. The minimum atomic E-state index is 0.146. The summed E-state index contributed by atoms with van der Waals surface area (Å²) in [7, 11) is 0. The third-order valence-corrected chi connectivity index (χ3v) is 5.20. The molecule has 1 N–H and O–H groups in total. The zero-order chi connectivity index (χ0) is 18.9. The van der Waals surface area contributed by atoms with Gasteiger partial charge >= 0.3 is 0 Å². The topological polar surface area (TPSA) is 57.2 Å². The normalized spacial score (nSPS) is 19.1. The average molecular weight is 373 g/mol. The minimum absolute atomic E-state index is 0.146. The Morgan fingerprint density at radius 1 is 1.07 bits per heavy atom. The van der Waals surface area contributed by atoms with Gasteiger partial charge in [-0.2, -0.15) is 0 Å². The number of guanidine groups is 1. The van der Waals surface area contributed by atoms with Gasteiger partial charge in [-0.1, -0.05) is 18.2 Å². The molecular weight excluding hydrogens is 340 g/mol. The molecule has 27 heavy (non-hydrogen) atoms. The van der Waals surface area contributed by atoms with Crippen LogP contribution in [0.2, 0.25) is 0 Å². The molecule has 2 aliphatic rings. The first-order valence-electron chi connectivity index (χ1n) is 10.3. The van der Waals surface area contributed by atoms with E-state index in [2.05, 4.69) is 22.1 Å². The summed E-state index contributed by atoms with van der Waals surface area (Å²) in [6.07, 6.45) is 5.62. The number of rotatable bonds is 5. The number of benzene rings is 1. The van der Waals surface area contributed by atoms with Crippen molar-refractivity contribution in [2.75, 3.05) is 39.3 Å². The summed E-state index contributed by atoms with van der Waals surface area (Å²) in [5.74, 6) is 1.93. The highest BCUT2D eigenvalue weighted by Crippen LogP contribution is 2.18. The van der Waals surface area contributed by atoms with Gasteiger partial charge in [-0.3, -0.25) is 4.79 Å². The lowest BCUT2D eigenvalue weighted by atomic mass is 10.1. The van der Waals surface area contributed by atoms with E-state index in [0.29, 0.717) is 0 Å². The SMILES string of the molecule is CCNC(=NCC(=O)N1CCCCC1)N1CCC(Oc2ccccc2)CC1. The summed E-state index contributed by atoms with van der Waals surface area (Å²) in [5, 5.41) is 3.34. The largest absolute Gasteiger partial charge is 0.490 e. The Morgan fingerprint density at radius 3 is 2.44 bits per heavy atom. The molecule has 0 unspecified atom stereocenters. The van der Waals surface area contributed by atoms with Gasteiger partial charge in [-0.05, 0) is 38.3 Å². The number of amides is 1. The number of carbonyl (C=O) groups is 1. The van der Waals surface area contributed by atoms with Crippen LogP contribution in [0.1, 0.15) is 39.0 Å². The Balaban J connectivity index is 1.50. The number of aliphatic imine (C=N–C) groups is 1. The lowest BCUT2D eigenvalue weighted by Gasteiger charge is -2.34. The molecule has 1 amide bonds. The number of likely N-dealkylation sites (tertiary alicyclic amines) is 2. The van der Waals surface area contributed by atoms with Crippen LogP contribution in [0.3, 0.4) is 0 Å². The van der Waals surface area contributed by atoms with E-state index in [1.807, 2.05) is 35.2 Å². The highest BCUT2D eigenvalue weighted by atomic mass is 16.5. The molecule has 2 aliphatic heterocycles. The maximum absolute atomic E-state index is 12.4. The van der Waals surface area contributed by atoms with E-state index < -0.39 is 0 Å². The zero-order valence-corrected chi connectivity index (χ0v) is 16.4. The first-order valence-corrected chi connectivity index (χ1v) is 10.3. The molecule has 148 valence electrons. The Kier molecular flexibility index (Phi) is 7.36. The molecule has 6 heteroatoms. The van der Waals surface area contributed by atoms with Crippen LogP contribution in [0.25, 0.3) is 0 Å². The van der Waals surface area contributed by atoms with Crippen LogP contribution in [0.15, 0.2) is 35.3 Å². The van der Waals surface area contributed by atoms with Crippen LogP contribution in [-0.2, 0) is 4.79 Å². The summed E-state index contributed by atoms with van der Waals surface area (Å²) in [4.78, 5) is 21.2. The number of hydrogen-bond acceptors (Lipinski definition) is 3. The van der Waals surface area contributed by atoms with E-state index in [1.165, 1.54) is 6.42 Å². The Labute approximate surface area is 162 Å². The maximum atomic E-state index is 12.4. The van der Waals surface area contributed by atoms with E-state index >= 15 is 0 Å². The Morgan fingerprint density at radius 2 is 1.78 bits per heavy atom. The number of hydrogen-bond donors (Lipinski definition) is 1. The minimum Gasteiger partial charge on any atom is -0.490 e. The van der Waals surface area contributed by atoms with Crippen LogP contribution >= 0.6 is 0 Å². The molecule has 1 aromatic carbocycles. The van der Waals surface area contributed by atoms with Crippen LogP contribution in [-0.4, -0.2) is 67.0 Å². The van der Waals surface area contributed by atoms with Gasteiger partial charge in [0.15, 0.2) is 5.96 Å². The Hall–Kier alpha value is -2.24. The summed E-state index contributed by atoms with van der Waals surface area (Å²) in [6.45, 7) is 6.65. The smallest absolute Gasteiger partial charge is 0.244 e. The molecule has 0 saturated carbocycles. The van der Waals surface area contributed by atoms with E-state index in [1.54, 1.807) is 0 Å². The molecule has 0 aromatic heterocycles. The molecule has 0 aliphatic carbocycles. The maximum Gasteiger partial charge on any atom is 0.244 e. The predicted octanol–water partition coefficient (Wildman–Crippen LogP) is 2.51. The van der Waals surface area contributed by atoms with Crippen molar-refractivity contribution in [3.8, 4) is 5.75 Å². The van der Waals surface area contributed by atoms with E-state index in [4.69, 9.17) is 4.74 Å². The molecular formula is C21H32N4O2. The van der Waals surface area contributed by atoms with Crippen molar-refractivity contribution in [3.05, 3.63) is 30.3 Å². The molecule has 1 aromatic rings. The fourth-order valence-corrected chi connectivity index (χ4v) is 3.69. The van der Waals surface area contributed by atoms with Gasteiger partial charge in [0, 0.05) is 45.6 Å². The van der Waals surface area contributed by atoms with Gasteiger partial charge < -0.3 is 19.9 Å². The van der Waals surface area contributed by atoms with Gasteiger partial charge in [0.25, 0.3) is 0 Å². The zero-order valence-electron chi connectivity index (χ0n) is 16.4. The molecule has 3 rings (SSSR count). The molecule has 2 fully saturated rings. The molecule has 0 spiro atoms. The van der Waals surface area contributed by atoms with Crippen LogP contribution in [0.5, 0.6) is 5.75 Å². The van der Waals surface area contributed by atoms with Crippen molar-refractivity contribution in [2.24, 2.45) is 4.99 Å². The molecule has 0 atom stereocenters. The molecule has 6 nitrogen and oxygen atoms in total. The van der Waals surface area contributed by atoms with Crippen LogP contribution < -0.4 is 10.1 Å². The molecule has 2 saturated heterocycles. The van der Waals surface area contributed by atoms with Crippen molar-refractivity contribution in [1.29, 1.82) is 0 Å². The standard InChI is InChI=1S/C21H32N4O2/c1-2-22-21(23-17-20(26)24-13-7-4-8-14-24)25-15-11-19(12-16-25)27-18-9-5-3-6-10-18/h3,5-6,9-10,19H,2,4,7-8,11-17H2,1H3,(H,22,23).